The van der Waals surface area contributed by atoms with Crippen molar-refractivity contribution >= 4 is 34.8 Å². The molecule has 2 rings (SSSR count). The lowest BCUT2D eigenvalue weighted by atomic mass is 10.2. The minimum absolute atomic E-state index is 0.148. The van der Waals surface area contributed by atoms with Crippen molar-refractivity contribution in [2.45, 2.75) is 13.0 Å². The molecule has 0 bridgehead atoms. The SMILES string of the molecule is COc1ccc([N+](=O)[O-])cc1NC(=O)C(C)NNC(=O)c1ccc(Cl)cc1. The van der Waals surface area contributed by atoms with Crippen LogP contribution >= 0.6 is 11.6 Å². The molecule has 1 atom stereocenters. The fourth-order valence-electron chi connectivity index (χ4n) is 2.06. The first kappa shape index (κ1) is 20.1. The van der Waals surface area contributed by atoms with Crippen LogP contribution in [0.25, 0.3) is 0 Å². The van der Waals surface area contributed by atoms with E-state index in [-0.39, 0.29) is 17.1 Å². The zero-order valence-electron chi connectivity index (χ0n) is 14.5. The molecule has 0 spiro atoms. The Morgan fingerprint density at radius 2 is 1.85 bits per heavy atom. The minimum Gasteiger partial charge on any atom is -0.495 e. The highest BCUT2D eigenvalue weighted by atomic mass is 35.5. The van der Waals surface area contributed by atoms with Gasteiger partial charge in [-0.15, -0.1) is 0 Å². The second-order valence-electron chi connectivity index (χ2n) is 5.46. The summed E-state index contributed by atoms with van der Waals surface area (Å²) in [5.41, 5.74) is 5.30. The van der Waals surface area contributed by atoms with Crippen LogP contribution in [-0.2, 0) is 4.79 Å². The number of hydrogen-bond donors (Lipinski definition) is 3. The van der Waals surface area contributed by atoms with Gasteiger partial charge in [0.25, 0.3) is 11.6 Å². The number of hydrazine groups is 1. The molecule has 0 heterocycles. The summed E-state index contributed by atoms with van der Waals surface area (Å²) in [6, 6.07) is 9.23. The zero-order valence-corrected chi connectivity index (χ0v) is 15.2. The van der Waals surface area contributed by atoms with E-state index in [2.05, 4.69) is 16.2 Å². The van der Waals surface area contributed by atoms with Crippen LogP contribution < -0.4 is 20.9 Å². The van der Waals surface area contributed by atoms with Crippen LogP contribution in [0.4, 0.5) is 11.4 Å². The van der Waals surface area contributed by atoms with Gasteiger partial charge in [0.2, 0.25) is 5.91 Å². The van der Waals surface area contributed by atoms with Gasteiger partial charge in [0.05, 0.1) is 17.7 Å². The lowest BCUT2D eigenvalue weighted by Gasteiger charge is -2.16. The topological polar surface area (TPSA) is 123 Å². The van der Waals surface area contributed by atoms with Crippen molar-refractivity contribution in [2.75, 3.05) is 12.4 Å². The molecule has 3 N–H and O–H groups in total. The Morgan fingerprint density at radius 1 is 1.19 bits per heavy atom. The Bertz CT molecular complexity index is 857. The molecule has 0 saturated carbocycles. The van der Waals surface area contributed by atoms with Crippen LogP contribution in [0.15, 0.2) is 42.5 Å². The van der Waals surface area contributed by atoms with Gasteiger partial charge in [-0.2, -0.15) is 0 Å². The molecule has 0 fully saturated rings. The van der Waals surface area contributed by atoms with Gasteiger partial charge in [0, 0.05) is 22.7 Å². The maximum Gasteiger partial charge on any atom is 0.271 e. The number of hydrogen-bond acceptors (Lipinski definition) is 6. The number of carbonyl (C=O) groups excluding carboxylic acids is 2. The summed E-state index contributed by atoms with van der Waals surface area (Å²) in [5.74, 6) is -0.698. The number of nitrogens with zero attached hydrogens (tertiary/aromatic N) is 1. The van der Waals surface area contributed by atoms with Gasteiger partial charge in [-0.3, -0.25) is 25.1 Å². The molecular formula is C17H17ClN4O5. The number of carbonyl (C=O) groups is 2. The van der Waals surface area contributed by atoms with Crippen molar-refractivity contribution < 1.29 is 19.2 Å². The Hall–Kier alpha value is -3.17. The predicted octanol–water partition coefficient (Wildman–Crippen LogP) is 2.52. The second kappa shape index (κ2) is 8.97. The maximum absolute atomic E-state index is 12.3. The van der Waals surface area contributed by atoms with Gasteiger partial charge in [0.15, 0.2) is 0 Å². The highest BCUT2D eigenvalue weighted by Gasteiger charge is 2.18. The molecule has 0 aliphatic rings. The molecule has 0 aromatic heterocycles. The second-order valence-corrected chi connectivity index (χ2v) is 5.89. The zero-order chi connectivity index (χ0) is 20.0. The number of nitro benzene ring substituents is 1. The number of nitro groups is 1. The van der Waals surface area contributed by atoms with E-state index in [1.807, 2.05) is 0 Å². The van der Waals surface area contributed by atoms with E-state index < -0.39 is 22.8 Å². The largest absolute Gasteiger partial charge is 0.495 e. The third-order valence-corrected chi connectivity index (χ3v) is 3.81. The first-order valence-electron chi connectivity index (χ1n) is 7.76. The van der Waals surface area contributed by atoms with E-state index in [1.165, 1.54) is 44.4 Å². The van der Waals surface area contributed by atoms with Crippen molar-refractivity contribution in [3.05, 3.63) is 63.2 Å². The van der Waals surface area contributed by atoms with Crippen molar-refractivity contribution in [2.24, 2.45) is 0 Å². The molecule has 9 nitrogen and oxygen atoms in total. The van der Waals surface area contributed by atoms with Crippen molar-refractivity contribution in [3.8, 4) is 5.75 Å². The number of anilines is 1. The van der Waals surface area contributed by atoms with E-state index in [0.717, 1.165) is 0 Å². The molecule has 27 heavy (non-hydrogen) atoms. The number of halogens is 1. The van der Waals surface area contributed by atoms with Gasteiger partial charge in [-0.25, -0.2) is 5.43 Å². The van der Waals surface area contributed by atoms with E-state index in [1.54, 1.807) is 12.1 Å². The summed E-state index contributed by atoms with van der Waals surface area (Å²) in [6.45, 7) is 1.52. The maximum atomic E-state index is 12.3. The molecular weight excluding hydrogens is 376 g/mol. The summed E-state index contributed by atoms with van der Waals surface area (Å²) in [5, 5.41) is 13.9. The van der Waals surface area contributed by atoms with E-state index >= 15 is 0 Å². The van der Waals surface area contributed by atoms with Crippen molar-refractivity contribution in [3.63, 3.8) is 0 Å². The Balaban J connectivity index is 1.99. The standard InChI is InChI=1S/C17H17ClN4O5/c1-10(20-21-17(24)11-3-5-12(18)6-4-11)16(23)19-14-9-13(22(25)26)7-8-15(14)27-2/h3-10,20H,1-2H3,(H,19,23)(H,21,24). The molecule has 0 aliphatic carbocycles. The first-order chi connectivity index (χ1) is 12.8. The molecule has 0 saturated heterocycles. The normalized spacial score (nSPS) is 11.4. The highest BCUT2D eigenvalue weighted by Crippen LogP contribution is 2.28. The Morgan fingerprint density at radius 3 is 2.44 bits per heavy atom. The predicted molar refractivity (Wildman–Crippen MR) is 99.8 cm³/mol. The highest BCUT2D eigenvalue weighted by molar-refractivity contribution is 6.30. The van der Waals surface area contributed by atoms with Gasteiger partial charge < -0.3 is 10.1 Å². The molecule has 142 valence electrons. The number of benzene rings is 2. The van der Waals surface area contributed by atoms with Crippen LogP contribution in [0.2, 0.25) is 5.02 Å². The van der Waals surface area contributed by atoms with Crippen molar-refractivity contribution in [1.82, 2.24) is 10.9 Å². The summed E-state index contributed by atoms with van der Waals surface area (Å²) >= 11 is 5.77. The summed E-state index contributed by atoms with van der Waals surface area (Å²) < 4.78 is 5.09. The van der Waals surface area contributed by atoms with Crippen LogP contribution in [0.5, 0.6) is 5.75 Å². The fraction of sp³-hybridized carbons (Fsp3) is 0.176. The molecule has 2 aromatic rings. The lowest BCUT2D eigenvalue weighted by molar-refractivity contribution is -0.384. The smallest absolute Gasteiger partial charge is 0.271 e. The minimum atomic E-state index is -0.829. The number of ether oxygens (including phenoxy) is 1. The number of non-ortho nitro benzene ring substituents is 1. The monoisotopic (exact) mass is 392 g/mol. The molecule has 0 radical (unpaired) electrons. The number of amides is 2. The van der Waals surface area contributed by atoms with Crippen molar-refractivity contribution in [1.29, 1.82) is 0 Å². The van der Waals surface area contributed by atoms with E-state index in [9.17, 15) is 19.7 Å². The molecule has 2 amide bonds. The molecule has 1 unspecified atom stereocenters. The van der Waals surface area contributed by atoms with Gasteiger partial charge in [0.1, 0.15) is 11.8 Å². The van der Waals surface area contributed by atoms with Gasteiger partial charge in [-0.05, 0) is 37.3 Å². The number of nitrogens with one attached hydrogen (secondary N) is 3. The fourth-order valence-corrected chi connectivity index (χ4v) is 2.19. The van der Waals surface area contributed by atoms with Gasteiger partial charge >= 0.3 is 0 Å². The summed E-state index contributed by atoms with van der Waals surface area (Å²) in [7, 11) is 1.38. The van der Waals surface area contributed by atoms with Crippen LogP contribution in [0, 0.1) is 10.1 Å². The summed E-state index contributed by atoms with van der Waals surface area (Å²) in [6.07, 6.45) is 0. The number of rotatable bonds is 7. The van der Waals surface area contributed by atoms with Gasteiger partial charge in [-0.1, -0.05) is 11.6 Å². The quantitative estimate of drug-likeness (QED) is 0.491. The summed E-state index contributed by atoms with van der Waals surface area (Å²) in [4.78, 5) is 34.6. The molecule has 0 aliphatic heterocycles. The average molecular weight is 393 g/mol. The Kier molecular flexibility index (Phi) is 6.69. The first-order valence-corrected chi connectivity index (χ1v) is 8.14. The third-order valence-electron chi connectivity index (χ3n) is 3.55. The molecule has 10 heteroatoms. The number of methoxy groups -OCH3 is 1. The van der Waals surface area contributed by atoms with Crippen LogP contribution in [0.3, 0.4) is 0 Å². The van der Waals surface area contributed by atoms with E-state index in [4.69, 9.17) is 16.3 Å². The lowest BCUT2D eigenvalue weighted by Crippen LogP contribution is -2.48. The third kappa shape index (κ3) is 5.40. The van der Waals surface area contributed by atoms with E-state index in [0.29, 0.717) is 10.6 Å². The van der Waals surface area contributed by atoms with Crippen LogP contribution in [0.1, 0.15) is 17.3 Å². The average Bonchev–Trinajstić information content (AvgIpc) is 2.66. The Labute approximate surface area is 159 Å². The molecule has 2 aromatic carbocycles. The van der Waals surface area contributed by atoms with Crippen LogP contribution in [-0.4, -0.2) is 29.9 Å².